The van der Waals surface area contributed by atoms with E-state index in [-0.39, 0.29) is 66.9 Å². The summed E-state index contributed by atoms with van der Waals surface area (Å²) in [5, 5.41) is 55.1. The van der Waals surface area contributed by atoms with Gasteiger partial charge in [-0.25, -0.2) is 48.9 Å². The Morgan fingerprint density at radius 3 is 0.927 bits per heavy atom. The number of halogens is 1. The zero-order valence-corrected chi connectivity index (χ0v) is 73.4. The smallest absolute Gasteiger partial charge is 0.341 e. The van der Waals surface area contributed by atoms with Crippen molar-refractivity contribution in [1.82, 2.24) is 70.6 Å². The molecule has 0 aliphatic rings. The molecule has 10 aromatic carbocycles. The summed E-state index contributed by atoms with van der Waals surface area (Å²) < 4.78 is 24.8. The number of hydrogen-bond acceptors (Lipinski definition) is 16. The number of carbonyl (C=O) groups excluding carboxylic acids is 5. The highest BCUT2D eigenvalue weighted by Gasteiger charge is 2.23. The Kier molecular flexibility index (Phi) is 26.9. The minimum atomic E-state index is -1.07. The van der Waals surface area contributed by atoms with Gasteiger partial charge in [-0.15, -0.1) is 0 Å². The lowest BCUT2D eigenvalue weighted by Gasteiger charge is -2.08. The van der Waals surface area contributed by atoms with Crippen LogP contribution in [0.1, 0.15) is 63.9 Å². The second kappa shape index (κ2) is 40.1. The monoisotopic (exact) mass is 1860 g/mol. The fourth-order valence-electron chi connectivity index (χ4n) is 16.7. The number of amides is 5. The predicted molar refractivity (Wildman–Crippen MR) is 517 cm³/mol. The van der Waals surface area contributed by atoms with Gasteiger partial charge in [-0.3, -0.25) is 24.0 Å². The molecule has 36 nitrogen and oxygen atoms in total. The number of ether oxygens (including phenoxy) is 1. The number of nitrogens with zero attached hydrogens (tertiary/aromatic N) is 15. The van der Waals surface area contributed by atoms with Crippen molar-refractivity contribution in [2.24, 2.45) is 28.7 Å². The molecule has 0 aliphatic heterocycles. The first kappa shape index (κ1) is 91.8. The number of aromatic nitrogens is 15. The molecule has 0 spiro atoms. The molecule has 0 aliphatic carbocycles. The maximum absolute atomic E-state index is 11.4. The van der Waals surface area contributed by atoms with Crippen molar-refractivity contribution in [3.63, 3.8) is 0 Å². The second-order valence-electron chi connectivity index (χ2n) is 31.6. The Bertz CT molecular complexity index is 7970. The highest BCUT2D eigenvalue weighted by molar-refractivity contribution is 6.38. The van der Waals surface area contributed by atoms with E-state index < -0.39 is 42.4 Å². The van der Waals surface area contributed by atoms with Crippen LogP contribution in [-0.2, 0) is 71.1 Å². The molecule has 0 saturated carbocycles. The average molecular weight is 1860 g/mol. The number of imidazole rings is 5. The lowest BCUT2D eigenvalue weighted by atomic mass is 10.1. The van der Waals surface area contributed by atoms with Crippen molar-refractivity contribution < 1.29 is 78.2 Å². The molecule has 0 unspecified atom stereocenters. The molecule has 0 saturated heterocycles. The number of fused-ring (bicyclic) bond motifs is 15. The van der Waals surface area contributed by atoms with E-state index in [1.54, 1.807) is 111 Å². The first-order chi connectivity index (χ1) is 66.1. The quantitative estimate of drug-likeness (QED) is 0.0195. The molecule has 0 atom stereocenters. The maximum atomic E-state index is 11.4. The van der Waals surface area contributed by atoms with Crippen LogP contribution in [0.4, 0.5) is 0 Å². The van der Waals surface area contributed by atoms with Gasteiger partial charge in [0.1, 0.15) is 5.75 Å². The van der Waals surface area contributed by atoms with Crippen molar-refractivity contribution in [1.29, 1.82) is 0 Å². The van der Waals surface area contributed by atoms with Gasteiger partial charge in [-0.2, -0.15) is 0 Å². The summed E-state index contributed by atoms with van der Waals surface area (Å²) in [4.78, 5) is 132. The number of aromatic carboxylic acids is 2. The summed E-state index contributed by atoms with van der Waals surface area (Å²) in [6.45, 7) is 1.67. The molecule has 0 fully saturated rings. The van der Waals surface area contributed by atoms with Crippen LogP contribution in [0.3, 0.4) is 0 Å². The van der Waals surface area contributed by atoms with Crippen molar-refractivity contribution in [3.8, 4) is 34.2 Å². The van der Waals surface area contributed by atoms with E-state index >= 15 is 0 Å². The minimum Gasteiger partial charge on any atom is -0.482 e. The van der Waals surface area contributed by atoms with Gasteiger partial charge in [-0.05, 0) is 169 Å². The third-order valence-corrected chi connectivity index (χ3v) is 23.2. The lowest BCUT2D eigenvalue weighted by Crippen LogP contribution is -2.14. The molecule has 5 amide bonds. The van der Waals surface area contributed by atoms with Crippen molar-refractivity contribution in [2.75, 3.05) is 6.61 Å². The molecule has 20 rings (SSSR count). The zero-order chi connectivity index (χ0) is 96.4. The number of carboxylic acids is 5. The average Bonchev–Trinajstić information content (AvgIpc) is 1.58. The van der Waals surface area contributed by atoms with Crippen LogP contribution in [0, 0.1) is 0 Å². The fourth-order valence-corrected chi connectivity index (χ4v) is 17.1. The molecule has 15 N–H and O–H groups in total. The van der Waals surface area contributed by atoms with Gasteiger partial charge in [0.05, 0.1) is 58.8 Å². The van der Waals surface area contributed by atoms with Gasteiger partial charge >= 0.3 is 29.8 Å². The van der Waals surface area contributed by atoms with E-state index in [0.29, 0.717) is 49.0 Å². The van der Waals surface area contributed by atoms with Crippen LogP contribution in [-0.4, -0.2) is 162 Å². The van der Waals surface area contributed by atoms with Crippen LogP contribution in [0.25, 0.3) is 150 Å². The van der Waals surface area contributed by atoms with Crippen LogP contribution in [0.15, 0.2) is 282 Å². The highest BCUT2D eigenvalue weighted by Crippen LogP contribution is 2.40. The summed E-state index contributed by atoms with van der Waals surface area (Å²) in [5.74, 6) is -6.56. The first-order valence-electron chi connectivity index (χ1n) is 42.5. The van der Waals surface area contributed by atoms with E-state index in [1.807, 2.05) is 192 Å². The normalized spacial score (nSPS) is 11.4. The number of carboxylic acid groups (broad SMARTS) is 5. The number of hydrogen-bond donors (Lipinski definition) is 10. The first-order valence-corrected chi connectivity index (χ1v) is 42.9. The minimum absolute atomic E-state index is 0.0884. The lowest BCUT2D eigenvalue weighted by molar-refractivity contribution is -0.139. The topological polar surface area (TPSA) is 525 Å². The molecule has 0 radical (unpaired) electrons. The number of primary amides is 5. The third kappa shape index (κ3) is 20.4. The van der Waals surface area contributed by atoms with Crippen LogP contribution in [0.2, 0.25) is 5.02 Å². The molecule has 0 bridgehead atoms. The number of nitrogens with two attached hydrogens (primary N) is 5. The van der Waals surface area contributed by atoms with Gasteiger partial charge in [0.2, 0.25) is 29.5 Å². The van der Waals surface area contributed by atoms with Crippen LogP contribution in [0.5, 0.6) is 5.75 Å². The Morgan fingerprint density at radius 1 is 0.307 bits per heavy atom. The SMILES string of the molecule is NC(=O)CCn1c2ccc(-n3ccnc3)cc2c2c(Cl)cc(C(=O)O)cc21.NC(=O)CCn1c2ccc(-n3ccnc3)cc2c2ccc(/C=C/C(=O)O)cc21.NC(=O)CCn1c2ccc(-n3ccnc3)cc2c2ccc(/C=C\C(=O)O)cc21.NC(=O)CCn1c2ccc(-n3ccnc3)cc2c2ccc(OCC(=O)O)cc21.NC(=O)CCn1c2ccc(C(=O)O)cc2c2cc(-n3ccnc3)ccc21. The summed E-state index contributed by atoms with van der Waals surface area (Å²) >= 11 is 6.45. The zero-order valence-electron chi connectivity index (χ0n) is 72.7. The van der Waals surface area contributed by atoms with Gasteiger partial charge in [-0.1, -0.05) is 35.9 Å². The standard InChI is InChI=1S/2C21H18N4O3.C20H18N4O4.C19H15ClN4O3.C19H16N4O3/c2*22-20(26)7-9-25-18-5-3-15(24-10-8-23-13-24)12-17(18)16-4-1-14(11-19(16)25)2-6-21(27)28;21-19(25)5-7-24-17-4-1-13(23-8-6-22-12-23)9-16(17)15-3-2-14(10-18(15)24)28-11-20(26)27;20-14-7-11(19(26)27)8-16-18(14)13-9-12(23-6-4-22-10-23)1-2-15(13)24(16)5-3-17(21)25;20-18(24)5-7-23-16-3-1-12(19(25)26)9-14(16)15-10-13(2-4-17(15)23)22-8-6-21-11-22/h2*1-6,8,10-13H,7,9H2,(H2,22,26)(H,27,28);1-4,6,8-10,12H,5,7,11H2,(H2,21,25)(H,26,27);1-2,4,6-10H,3,5H2,(H2,21,25)(H,26,27);1-4,6,8-11H,5,7H2,(H2,20,24)(H,25,26)/b6-2+;6-2-;;;. The molecule has 10 heterocycles. The van der Waals surface area contributed by atoms with E-state index in [4.69, 9.17) is 60.3 Å². The summed E-state index contributed by atoms with van der Waals surface area (Å²) in [6.07, 6.45) is 32.7. The van der Waals surface area contributed by atoms with Gasteiger partial charge in [0.25, 0.3) is 0 Å². The summed E-state index contributed by atoms with van der Waals surface area (Å²) in [6, 6.07) is 54.9. The van der Waals surface area contributed by atoms with Crippen molar-refractivity contribution in [3.05, 3.63) is 309 Å². The van der Waals surface area contributed by atoms with Gasteiger partial charge in [0, 0.05) is 271 Å². The number of aryl methyl sites for hydroxylation is 5. The second-order valence-corrected chi connectivity index (χ2v) is 32.1. The van der Waals surface area contributed by atoms with E-state index in [2.05, 4.69) is 43.1 Å². The van der Waals surface area contributed by atoms with Gasteiger partial charge < -0.3 is 105 Å². The van der Waals surface area contributed by atoms with E-state index in [9.17, 15) is 58.2 Å². The van der Waals surface area contributed by atoms with Crippen molar-refractivity contribution in [2.45, 2.75) is 64.8 Å². The van der Waals surface area contributed by atoms with Crippen LogP contribution < -0.4 is 33.4 Å². The molecule has 37 heteroatoms. The Balaban J connectivity index is 0.000000124. The fraction of sp³-hybridized carbons (Fsp3) is 0.110. The number of aliphatic carboxylic acids is 3. The number of benzene rings is 10. The number of carbonyl (C=O) groups is 10. The van der Waals surface area contributed by atoms with Crippen molar-refractivity contribution >= 4 is 192 Å². The predicted octanol–water partition coefficient (Wildman–Crippen LogP) is 14.0. The molecule has 137 heavy (non-hydrogen) atoms. The molecule has 20 aromatic rings. The Hall–Kier alpha value is -18.5. The van der Waals surface area contributed by atoms with Gasteiger partial charge in [0.15, 0.2) is 6.61 Å². The van der Waals surface area contributed by atoms with Crippen LogP contribution >= 0.6 is 11.6 Å². The third-order valence-electron chi connectivity index (χ3n) is 22.9. The summed E-state index contributed by atoms with van der Waals surface area (Å²) in [5.41, 5.74) is 42.2. The molecule has 10 aromatic heterocycles. The van der Waals surface area contributed by atoms with E-state index in [1.165, 1.54) is 6.07 Å². The molecular formula is C100H85ClN20O16. The largest absolute Gasteiger partial charge is 0.482 e. The maximum Gasteiger partial charge on any atom is 0.341 e. The summed E-state index contributed by atoms with van der Waals surface area (Å²) in [7, 11) is 0. The Labute approximate surface area is 780 Å². The highest BCUT2D eigenvalue weighted by atomic mass is 35.5. The molecular weight excluding hydrogens is 1770 g/mol. The number of rotatable bonds is 29. The van der Waals surface area contributed by atoms with E-state index in [0.717, 1.165) is 155 Å². The molecule has 688 valence electrons. The Morgan fingerprint density at radius 2 is 0.606 bits per heavy atom.